The molecule has 2 saturated heterocycles. The molecule has 41 heavy (non-hydrogen) atoms. The van der Waals surface area contributed by atoms with Crippen LogP contribution in [0, 0.1) is 0 Å². The Labute approximate surface area is 252 Å². The smallest absolute Gasteiger partial charge is 0.303 e. The maximum atomic E-state index is 12.1. The quantitative estimate of drug-likeness (QED) is 0.176. The van der Waals surface area contributed by atoms with E-state index in [1.165, 1.54) is 0 Å². The van der Waals surface area contributed by atoms with Gasteiger partial charge in [-0.15, -0.1) is 0 Å². The van der Waals surface area contributed by atoms with E-state index >= 15 is 0 Å². The maximum Gasteiger partial charge on any atom is 0.303 e. The summed E-state index contributed by atoms with van der Waals surface area (Å²) in [5.74, 6) is -4.68. The van der Waals surface area contributed by atoms with E-state index in [4.69, 9.17) is 42.6 Å². The summed E-state index contributed by atoms with van der Waals surface area (Å²) in [5.41, 5.74) is 0. The van der Waals surface area contributed by atoms with Gasteiger partial charge < -0.3 is 42.6 Å². The van der Waals surface area contributed by atoms with Gasteiger partial charge >= 0.3 is 35.8 Å². The second kappa shape index (κ2) is 15.8. The number of carbonyl (C=O) groups is 6. The summed E-state index contributed by atoms with van der Waals surface area (Å²) in [6.45, 7) is 6.64. The molecule has 17 heteroatoms. The van der Waals surface area contributed by atoms with Crippen molar-refractivity contribution in [3.05, 3.63) is 0 Å². The molecule has 0 aromatic rings. The number of alkyl halides is 2. The Balaban J connectivity index is 2.57. The van der Waals surface area contributed by atoms with Crippen molar-refractivity contribution in [2.75, 3.05) is 10.7 Å². The molecule has 0 saturated carbocycles. The number of ether oxygens (including phenoxy) is 9. The number of rotatable bonds is 10. The van der Waals surface area contributed by atoms with Crippen LogP contribution in [-0.2, 0) is 71.4 Å². The van der Waals surface area contributed by atoms with Gasteiger partial charge in [-0.2, -0.15) is 0 Å². The molecule has 0 aromatic heterocycles. The SMILES string of the molecule is CC(=O)O[C@@H]1[C@@H](OC(C)=O)[C@@H](O[C@H]2O[C@H](CBr)[C@@H](OC(C)=O)[C@H](OC(C)=O)[C@H]2OC(C)=O)O[C@H](CBr)[C@H]1OC(C)=O. The monoisotopic (exact) mass is 718 g/mol. The highest BCUT2D eigenvalue weighted by Crippen LogP contribution is 2.35. The predicted octanol–water partition coefficient (Wildman–Crippen LogP) is 0.833. The summed E-state index contributed by atoms with van der Waals surface area (Å²) in [6.07, 6.45) is -13.4. The molecule has 2 heterocycles. The van der Waals surface area contributed by atoms with E-state index in [1.807, 2.05) is 0 Å². The molecule has 0 amide bonds. The minimum atomic E-state index is -1.57. The third-order valence-corrected chi connectivity index (χ3v) is 6.84. The van der Waals surface area contributed by atoms with E-state index in [2.05, 4.69) is 31.9 Å². The molecule has 15 nitrogen and oxygen atoms in total. The molecule has 0 aliphatic carbocycles. The molecule has 10 atom stereocenters. The van der Waals surface area contributed by atoms with Crippen LogP contribution < -0.4 is 0 Å². The van der Waals surface area contributed by atoms with E-state index in [1.54, 1.807) is 0 Å². The standard InChI is InChI=1S/C24H32Br2O15/c1-9(27)33-17-15(7-25)39-23(21(37-13(5)31)19(17)35-11(3)29)41-24-22(38-14(6)32)20(36-12(4)30)18(34-10(2)28)16(8-26)40-24/h15-24H,7-8H2,1-6H3/t15-,16-,17-,18-,19+,20+,21-,22-,23-,24-/m1/s1. The van der Waals surface area contributed by atoms with Gasteiger partial charge in [-0.05, 0) is 0 Å². The lowest BCUT2D eigenvalue weighted by Gasteiger charge is -2.48. The zero-order chi connectivity index (χ0) is 31.0. The van der Waals surface area contributed by atoms with Gasteiger partial charge in [-0.25, -0.2) is 0 Å². The van der Waals surface area contributed by atoms with E-state index in [0.29, 0.717) is 0 Å². The van der Waals surface area contributed by atoms with E-state index < -0.39 is 97.2 Å². The summed E-state index contributed by atoms with van der Waals surface area (Å²) in [6, 6.07) is 0. The maximum absolute atomic E-state index is 12.1. The molecule has 2 aliphatic rings. The van der Waals surface area contributed by atoms with Gasteiger partial charge in [0.2, 0.25) is 12.6 Å². The third kappa shape index (κ3) is 9.87. The van der Waals surface area contributed by atoms with Crippen LogP contribution in [-0.4, -0.2) is 108 Å². The van der Waals surface area contributed by atoms with Crippen molar-refractivity contribution >= 4 is 67.7 Å². The van der Waals surface area contributed by atoms with Crippen LogP contribution in [0.1, 0.15) is 41.5 Å². The highest BCUT2D eigenvalue weighted by molar-refractivity contribution is 9.09. The van der Waals surface area contributed by atoms with E-state index in [9.17, 15) is 28.8 Å². The number of esters is 6. The molecular weight excluding hydrogens is 688 g/mol. The summed E-state index contributed by atoms with van der Waals surface area (Å²) in [4.78, 5) is 71.9. The van der Waals surface area contributed by atoms with Crippen molar-refractivity contribution in [2.45, 2.75) is 103 Å². The fraction of sp³-hybridized carbons (Fsp3) is 0.750. The number of halogens is 2. The molecule has 0 spiro atoms. The molecule has 0 radical (unpaired) electrons. The molecule has 2 aliphatic heterocycles. The lowest BCUT2D eigenvalue weighted by Crippen LogP contribution is -2.66. The molecule has 2 fully saturated rings. The van der Waals surface area contributed by atoms with Crippen LogP contribution >= 0.6 is 31.9 Å². The number of hydrogen-bond acceptors (Lipinski definition) is 15. The van der Waals surface area contributed by atoms with Gasteiger partial charge in [-0.1, -0.05) is 31.9 Å². The predicted molar refractivity (Wildman–Crippen MR) is 139 cm³/mol. The summed E-state index contributed by atoms with van der Waals surface area (Å²) in [7, 11) is 0. The fourth-order valence-electron chi connectivity index (χ4n) is 4.31. The molecule has 0 bridgehead atoms. The molecular formula is C24H32Br2O15. The first-order valence-corrected chi connectivity index (χ1v) is 14.5. The van der Waals surface area contributed by atoms with Crippen molar-refractivity contribution in [1.82, 2.24) is 0 Å². The van der Waals surface area contributed by atoms with Gasteiger partial charge in [0, 0.05) is 52.2 Å². The summed E-state index contributed by atoms with van der Waals surface area (Å²) >= 11 is 6.52. The minimum Gasteiger partial charge on any atom is -0.456 e. The molecule has 0 aromatic carbocycles. The first kappa shape index (κ1) is 34.9. The van der Waals surface area contributed by atoms with Crippen LogP contribution in [0.15, 0.2) is 0 Å². The topological polar surface area (TPSA) is 185 Å². The molecule has 2 rings (SSSR count). The number of hydrogen-bond donors (Lipinski definition) is 0. The lowest BCUT2D eigenvalue weighted by atomic mass is 9.97. The van der Waals surface area contributed by atoms with Crippen LogP contribution in [0.4, 0.5) is 0 Å². The third-order valence-electron chi connectivity index (χ3n) is 5.57. The van der Waals surface area contributed by atoms with Crippen molar-refractivity contribution in [3.63, 3.8) is 0 Å². The van der Waals surface area contributed by atoms with Crippen molar-refractivity contribution in [2.24, 2.45) is 0 Å². The largest absolute Gasteiger partial charge is 0.456 e. The lowest BCUT2D eigenvalue weighted by molar-refractivity contribution is -0.371. The minimum absolute atomic E-state index is 0.0445. The molecule has 0 unspecified atom stereocenters. The highest BCUT2D eigenvalue weighted by Gasteiger charge is 2.57. The van der Waals surface area contributed by atoms with Gasteiger partial charge in [0.25, 0.3) is 0 Å². The Morgan fingerprint density at radius 2 is 0.707 bits per heavy atom. The Morgan fingerprint density at radius 3 is 0.951 bits per heavy atom. The van der Waals surface area contributed by atoms with Crippen LogP contribution in [0.5, 0.6) is 0 Å². The zero-order valence-electron chi connectivity index (χ0n) is 23.1. The Kier molecular flexibility index (Phi) is 13.4. The van der Waals surface area contributed by atoms with Gasteiger partial charge in [0.15, 0.2) is 36.6 Å². The van der Waals surface area contributed by atoms with E-state index in [0.717, 1.165) is 41.5 Å². The van der Waals surface area contributed by atoms with Gasteiger partial charge in [-0.3, -0.25) is 28.8 Å². The summed E-state index contributed by atoms with van der Waals surface area (Å²) in [5, 5.41) is 0.0891. The highest BCUT2D eigenvalue weighted by atomic mass is 79.9. The average molecular weight is 720 g/mol. The van der Waals surface area contributed by atoms with Crippen molar-refractivity contribution < 1.29 is 71.4 Å². The first-order valence-electron chi connectivity index (χ1n) is 12.3. The molecule has 0 N–H and O–H groups in total. The average Bonchev–Trinajstić information content (AvgIpc) is 2.84. The first-order chi connectivity index (χ1) is 19.2. The normalized spacial score (nSPS) is 33.1. The summed E-state index contributed by atoms with van der Waals surface area (Å²) < 4.78 is 50.3. The van der Waals surface area contributed by atoms with Crippen LogP contribution in [0.2, 0.25) is 0 Å². The second-order valence-corrected chi connectivity index (χ2v) is 10.3. The van der Waals surface area contributed by atoms with Crippen LogP contribution in [0.3, 0.4) is 0 Å². The zero-order valence-corrected chi connectivity index (χ0v) is 26.2. The Morgan fingerprint density at radius 1 is 0.463 bits per heavy atom. The molecule has 232 valence electrons. The fourth-order valence-corrected chi connectivity index (χ4v) is 5.35. The Hall–Kier alpha value is -2.34. The van der Waals surface area contributed by atoms with Gasteiger partial charge in [0.05, 0.1) is 0 Å². The Bertz CT molecular complexity index is 914. The van der Waals surface area contributed by atoms with E-state index in [-0.39, 0.29) is 10.7 Å². The van der Waals surface area contributed by atoms with Crippen molar-refractivity contribution in [1.29, 1.82) is 0 Å². The van der Waals surface area contributed by atoms with Gasteiger partial charge in [0.1, 0.15) is 12.2 Å². The van der Waals surface area contributed by atoms with Crippen LogP contribution in [0.25, 0.3) is 0 Å². The second-order valence-electron chi connectivity index (χ2n) is 8.97. The number of carbonyl (C=O) groups excluding carboxylic acids is 6. The van der Waals surface area contributed by atoms with Crippen molar-refractivity contribution in [3.8, 4) is 0 Å².